The molecule has 2 aromatic carbocycles. The fourth-order valence-corrected chi connectivity index (χ4v) is 5.49. The molecular formula is C25H28Cl2FN3O. The van der Waals surface area contributed by atoms with E-state index in [1.54, 1.807) is 12.1 Å². The van der Waals surface area contributed by atoms with Crippen LogP contribution in [0.1, 0.15) is 33.2 Å². The molecule has 1 amide bonds. The van der Waals surface area contributed by atoms with Gasteiger partial charge in [0.2, 0.25) is 0 Å². The standard InChI is InChI=1S/C25H26FN3O.2ClH/c1-15-6-4-5-7-19(15)24-22-14-29(13-17(22)12-28(24)3)25(30)21-10-16(2)27-23-9-8-18(26)11-20(21)23;;/h4-11,17,22,24H,12-14H2,1-3H3;2*1H/t17-,22+,24-;;/m0../s1. The molecule has 5 rings (SSSR count). The lowest BCUT2D eigenvalue weighted by molar-refractivity contribution is 0.0769. The average molecular weight is 476 g/mol. The normalized spacial score (nSPS) is 22.4. The first-order chi connectivity index (χ1) is 14.4. The van der Waals surface area contributed by atoms with Crippen LogP contribution < -0.4 is 0 Å². The van der Waals surface area contributed by atoms with E-state index in [0.29, 0.717) is 34.3 Å². The molecule has 3 atom stereocenters. The number of hydrogen-bond donors (Lipinski definition) is 0. The number of benzene rings is 2. The molecule has 2 fully saturated rings. The van der Waals surface area contributed by atoms with Gasteiger partial charge in [-0.1, -0.05) is 24.3 Å². The monoisotopic (exact) mass is 475 g/mol. The molecule has 0 bridgehead atoms. The number of likely N-dealkylation sites (tertiary alicyclic amines) is 2. The zero-order valence-corrected chi connectivity index (χ0v) is 20.0. The van der Waals surface area contributed by atoms with Crippen molar-refractivity contribution in [2.24, 2.45) is 11.8 Å². The van der Waals surface area contributed by atoms with Crippen molar-refractivity contribution in [2.45, 2.75) is 19.9 Å². The van der Waals surface area contributed by atoms with E-state index < -0.39 is 0 Å². The number of halogens is 3. The smallest absolute Gasteiger partial charge is 0.254 e. The molecule has 170 valence electrons. The highest BCUT2D eigenvalue weighted by atomic mass is 35.5. The van der Waals surface area contributed by atoms with E-state index in [-0.39, 0.29) is 36.5 Å². The number of hydrogen-bond acceptors (Lipinski definition) is 3. The van der Waals surface area contributed by atoms with Crippen LogP contribution in [0.4, 0.5) is 4.39 Å². The van der Waals surface area contributed by atoms with Crippen LogP contribution in [0.2, 0.25) is 0 Å². The Balaban J connectivity index is 0.00000144. The zero-order valence-electron chi connectivity index (χ0n) is 18.4. The van der Waals surface area contributed by atoms with Crippen LogP contribution in [0.25, 0.3) is 10.9 Å². The van der Waals surface area contributed by atoms with Gasteiger partial charge >= 0.3 is 0 Å². The maximum atomic E-state index is 13.9. The van der Waals surface area contributed by atoms with Gasteiger partial charge in [-0.3, -0.25) is 14.7 Å². The predicted octanol–water partition coefficient (Wildman–Crippen LogP) is 5.21. The summed E-state index contributed by atoms with van der Waals surface area (Å²) in [6.45, 7) is 6.49. The number of carbonyl (C=O) groups is 1. The van der Waals surface area contributed by atoms with E-state index in [9.17, 15) is 9.18 Å². The van der Waals surface area contributed by atoms with Gasteiger partial charge in [0.25, 0.3) is 5.91 Å². The molecule has 32 heavy (non-hydrogen) atoms. The Morgan fingerprint density at radius 3 is 2.53 bits per heavy atom. The summed E-state index contributed by atoms with van der Waals surface area (Å²) in [5.74, 6) is 0.499. The highest BCUT2D eigenvalue weighted by Crippen LogP contribution is 2.45. The van der Waals surface area contributed by atoms with Crippen LogP contribution in [0.3, 0.4) is 0 Å². The maximum Gasteiger partial charge on any atom is 0.254 e. The summed E-state index contributed by atoms with van der Waals surface area (Å²) in [6, 6.07) is 15.1. The van der Waals surface area contributed by atoms with Crippen molar-refractivity contribution in [3.63, 3.8) is 0 Å². The van der Waals surface area contributed by atoms with Crippen molar-refractivity contribution in [3.05, 3.63) is 76.7 Å². The maximum absolute atomic E-state index is 13.9. The van der Waals surface area contributed by atoms with E-state index in [1.165, 1.54) is 23.3 Å². The molecule has 2 saturated heterocycles. The highest BCUT2D eigenvalue weighted by molar-refractivity contribution is 6.06. The third-order valence-electron chi connectivity index (χ3n) is 6.82. The Morgan fingerprint density at radius 2 is 1.78 bits per heavy atom. The summed E-state index contributed by atoms with van der Waals surface area (Å²) in [5.41, 5.74) is 4.64. The number of nitrogens with zero attached hydrogens (tertiary/aromatic N) is 3. The van der Waals surface area contributed by atoms with Gasteiger partial charge in [0.15, 0.2) is 0 Å². The molecular weight excluding hydrogens is 448 g/mol. The van der Waals surface area contributed by atoms with Crippen molar-refractivity contribution >= 4 is 41.6 Å². The highest BCUT2D eigenvalue weighted by Gasteiger charge is 2.47. The van der Waals surface area contributed by atoms with Gasteiger partial charge in [-0.15, -0.1) is 24.8 Å². The minimum Gasteiger partial charge on any atom is -0.338 e. The van der Waals surface area contributed by atoms with Crippen LogP contribution in [0, 0.1) is 31.5 Å². The molecule has 0 spiro atoms. The van der Waals surface area contributed by atoms with Crippen LogP contribution in [0.15, 0.2) is 48.5 Å². The van der Waals surface area contributed by atoms with Crippen LogP contribution in [0.5, 0.6) is 0 Å². The van der Waals surface area contributed by atoms with Crippen molar-refractivity contribution in [3.8, 4) is 0 Å². The number of fused-ring (bicyclic) bond motifs is 2. The summed E-state index contributed by atoms with van der Waals surface area (Å²) < 4.78 is 13.9. The SMILES string of the molecule is Cc1cc(C(=O)N2C[C@@H]3CN(C)[C@@H](c4ccccc4C)[C@@H]3C2)c2cc(F)ccc2n1.Cl.Cl. The number of pyridine rings is 1. The van der Waals surface area contributed by atoms with E-state index in [0.717, 1.165) is 25.3 Å². The fourth-order valence-electron chi connectivity index (χ4n) is 5.49. The zero-order chi connectivity index (χ0) is 21.0. The lowest BCUT2D eigenvalue weighted by atomic mass is 9.88. The third-order valence-corrected chi connectivity index (χ3v) is 6.82. The summed E-state index contributed by atoms with van der Waals surface area (Å²) in [6.07, 6.45) is 0. The summed E-state index contributed by atoms with van der Waals surface area (Å²) in [4.78, 5) is 22.4. The number of rotatable bonds is 2. The van der Waals surface area contributed by atoms with Crippen molar-refractivity contribution in [2.75, 3.05) is 26.7 Å². The third kappa shape index (κ3) is 4.09. The Hall–Kier alpha value is -2.21. The molecule has 0 saturated carbocycles. The number of aryl methyl sites for hydroxylation is 2. The quantitative estimate of drug-likeness (QED) is 0.510. The molecule has 3 aromatic rings. The Bertz CT molecular complexity index is 1160. The molecule has 3 heterocycles. The number of amides is 1. The number of carbonyl (C=O) groups excluding carboxylic acids is 1. The van der Waals surface area contributed by atoms with Gasteiger partial charge in [-0.2, -0.15) is 0 Å². The van der Waals surface area contributed by atoms with Gasteiger partial charge in [0, 0.05) is 42.7 Å². The predicted molar refractivity (Wildman–Crippen MR) is 130 cm³/mol. The molecule has 4 nitrogen and oxygen atoms in total. The second kappa shape index (κ2) is 9.34. The van der Waals surface area contributed by atoms with Gasteiger partial charge < -0.3 is 4.90 Å². The largest absolute Gasteiger partial charge is 0.338 e. The van der Waals surface area contributed by atoms with Crippen molar-refractivity contribution in [1.29, 1.82) is 0 Å². The Labute approximate surface area is 200 Å². The second-order valence-electron chi connectivity index (χ2n) is 8.85. The van der Waals surface area contributed by atoms with Gasteiger partial charge in [-0.25, -0.2) is 4.39 Å². The molecule has 2 aliphatic heterocycles. The molecule has 0 unspecified atom stereocenters. The van der Waals surface area contributed by atoms with Crippen molar-refractivity contribution in [1.82, 2.24) is 14.8 Å². The molecule has 2 aliphatic rings. The first-order valence-corrected chi connectivity index (χ1v) is 10.5. The van der Waals surface area contributed by atoms with Crippen LogP contribution >= 0.6 is 24.8 Å². The minimum absolute atomic E-state index is 0. The second-order valence-corrected chi connectivity index (χ2v) is 8.85. The van der Waals surface area contributed by atoms with Gasteiger partial charge in [0.1, 0.15) is 5.82 Å². The first-order valence-electron chi connectivity index (χ1n) is 10.5. The van der Waals surface area contributed by atoms with Crippen molar-refractivity contribution < 1.29 is 9.18 Å². The van der Waals surface area contributed by atoms with E-state index in [1.807, 2.05) is 11.8 Å². The number of aromatic nitrogens is 1. The lowest BCUT2D eigenvalue weighted by Gasteiger charge is -2.28. The fraction of sp³-hybridized carbons (Fsp3) is 0.360. The Kier molecular flexibility index (Phi) is 7.13. The summed E-state index contributed by atoms with van der Waals surface area (Å²) >= 11 is 0. The average Bonchev–Trinajstić information content (AvgIpc) is 3.24. The Morgan fingerprint density at radius 1 is 1.03 bits per heavy atom. The van der Waals surface area contributed by atoms with E-state index >= 15 is 0 Å². The van der Waals surface area contributed by atoms with E-state index in [4.69, 9.17) is 0 Å². The minimum atomic E-state index is -0.346. The molecule has 0 N–H and O–H groups in total. The van der Waals surface area contributed by atoms with Gasteiger partial charge in [0.05, 0.1) is 11.1 Å². The first kappa shape index (κ1) is 24.4. The topological polar surface area (TPSA) is 36.4 Å². The van der Waals surface area contributed by atoms with E-state index in [2.05, 4.69) is 48.1 Å². The van der Waals surface area contributed by atoms with Crippen LogP contribution in [-0.2, 0) is 0 Å². The summed E-state index contributed by atoms with van der Waals surface area (Å²) in [5, 5.41) is 0.593. The van der Waals surface area contributed by atoms with Gasteiger partial charge in [-0.05, 0) is 62.2 Å². The molecule has 1 aromatic heterocycles. The molecule has 0 radical (unpaired) electrons. The molecule has 7 heteroatoms. The molecule has 0 aliphatic carbocycles. The summed E-state index contributed by atoms with van der Waals surface area (Å²) in [7, 11) is 2.18. The lowest BCUT2D eigenvalue weighted by Crippen LogP contribution is -2.33. The van der Waals surface area contributed by atoms with Crippen LogP contribution in [-0.4, -0.2) is 47.4 Å².